The third-order valence-corrected chi connectivity index (χ3v) is 5.48. The zero-order chi connectivity index (χ0) is 15.7. The average molecular weight is 321 g/mol. The van der Waals surface area contributed by atoms with Gasteiger partial charge in [0.1, 0.15) is 0 Å². The highest BCUT2D eigenvalue weighted by molar-refractivity contribution is 7.90. The van der Waals surface area contributed by atoms with Crippen molar-refractivity contribution in [2.75, 3.05) is 13.1 Å². The lowest BCUT2D eigenvalue weighted by atomic mass is 10.0. The molecule has 0 aromatic heterocycles. The van der Waals surface area contributed by atoms with Crippen LogP contribution in [0.2, 0.25) is 0 Å². The number of benzene rings is 1. The smallest absolute Gasteiger partial charge is 0.270 e. The second-order valence-electron chi connectivity index (χ2n) is 5.85. The van der Waals surface area contributed by atoms with E-state index in [2.05, 4.69) is 17.6 Å². The fraction of sp³-hybridized carbons (Fsp3) is 0.400. The summed E-state index contributed by atoms with van der Waals surface area (Å²) in [6.45, 7) is 3.34. The van der Waals surface area contributed by atoms with Gasteiger partial charge >= 0.3 is 6.03 Å². The van der Waals surface area contributed by atoms with Crippen LogP contribution >= 0.6 is 0 Å². The molecule has 2 atom stereocenters. The van der Waals surface area contributed by atoms with Crippen LogP contribution in [0.4, 0.5) is 4.79 Å². The highest BCUT2D eigenvalue weighted by Crippen LogP contribution is 2.31. The summed E-state index contributed by atoms with van der Waals surface area (Å²) in [5, 5.41) is 1.78. The summed E-state index contributed by atoms with van der Waals surface area (Å²) in [4.78, 5) is 12.0. The lowest BCUT2D eigenvalue weighted by Crippen LogP contribution is -2.48. The van der Waals surface area contributed by atoms with Gasteiger partial charge in [-0.05, 0) is 37.3 Å². The Morgan fingerprint density at radius 3 is 2.64 bits per heavy atom. The molecule has 0 saturated carbocycles. The Kier molecular flexibility index (Phi) is 3.92. The zero-order valence-electron chi connectivity index (χ0n) is 12.3. The number of allylic oxidation sites excluding steroid dienone is 1. The summed E-state index contributed by atoms with van der Waals surface area (Å²) in [6, 6.07) is 5.64. The fourth-order valence-electron chi connectivity index (χ4n) is 2.95. The van der Waals surface area contributed by atoms with E-state index in [0.717, 1.165) is 25.1 Å². The molecular weight excluding hydrogens is 302 g/mol. The van der Waals surface area contributed by atoms with Crippen molar-refractivity contribution in [3.63, 3.8) is 0 Å². The summed E-state index contributed by atoms with van der Waals surface area (Å²) in [7, 11) is -3.84. The van der Waals surface area contributed by atoms with E-state index in [1.807, 2.05) is 11.6 Å². The summed E-state index contributed by atoms with van der Waals surface area (Å²) in [6.07, 6.45) is 5.34. The molecule has 3 rings (SSSR count). The molecule has 0 bridgehead atoms. The predicted molar refractivity (Wildman–Crippen MR) is 82.3 cm³/mol. The first-order chi connectivity index (χ1) is 10.4. The van der Waals surface area contributed by atoms with Gasteiger partial charge < -0.3 is 0 Å². The van der Waals surface area contributed by atoms with Gasteiger partial charge in [0.05, 0.1) is 4.90 Å². The maximum atomic E-state index is 12.1. The van der Waals surface area contributed by atoms with E-state index in [1.165, 1.54) is 12.1 Å². The van der Waals surface area contributed by atoms with Crippen LogP contribution in [0.1, 0.15) is 12.0 Å². The number of carbonyl (C=O) groups is 1. The van der Waals surface area contributed by atoms with E-state index in [1.54, 1.807) is 17.1 Å². The molecule has 118 valence electrons. The van der Waals surface area contributed by atoms with Crippen molar-refractivity contribution in [1.29, 1.82) is 0 Å². The van der Waals surface area contributed by atoms with Crippen molar-refractivity contribution in [1.82, 2.24) is 15.2 Å². The maximum Gasteiger partial charge on any atom is 0.343 e. The third kappa shape index (κ3) is 3.15. The predicted octanol–water partition coefficient (Wildman–Crippen LogP) is 1.41. The SMILES string of the molecule is Cc1ccc(S(=O)(=O)NC(=O)NN2C[C@@H]3CC=C[C@@H]3C2)cc1. The minimum atomic E-state index is -3.84. The molecule has 1 aromatic rings. The summed E-state index contributed by atoms with van der Waals surface area (Å²) in [5.74, 6) is 0.975. The molecule has 0 radical (unpaired) electrons. The molecule has 0 spiro atoms. The molecule has 22 heavy (non-hydrogen) atoms. The van der Waals surface area contributed by atoms with E-state index in [0.29, 0.717) is 11.8 Å². The lowest BCUT2D eigenvalue weighted by molar-refractivity contribution is 0.198. The number of hydrogen-bond acceptors (Lipinski definition) is 4. The first kappa shape index (κ1) is 15.1. The van der Waals surface area contributed by atoms with Crippen LogP contribution in [-0.2, 0) is 10.0 Å². The Labute approximate surface area is 130 Å². The van der Waals surface area contributed by atoms with Crippen molar-refractivity contribution < 1.29 is 13.2 Å². The molecular formula is C15H19N3O3S. The highest BCUT2D eigenvalue weighted by atomic mass is 32.2. The van der Waals surface area contributed by atoms with Crippen molar-refractivity contribution in [3.05, 3.63) is 42.0 Å². The topological polar surface area (TPSA) is 78.5 Å². The van der Waals surface area contributed by atoms with Gasteiger partial charge in [0.25, 0.3) is 10.0 Å². The maximum absolute atomic E-state index is 12.1. The van der Waals surface area contributed by atoms with Gasteiger partial charge in [0.15, 0.2) is 0 Å². The van der Waals surface area contributed by atoms with Gasteiger partial charge in [-0.2, -0.15) is 0 Å². The number of amides is 2. The number of carbonyl (C=O) groups excluding carboxylic acids is 1. The quantitative estimate of drug-likeness (QED) is 0.825. The molecule has 1 aromatic carbocycles. The zero-order valence-corrected chi connectivity index (χ0v) is 13.1. The largest absolute Gasteiger partial charge is 0.343 e. The van der Waals surface area contributed by atoms with Crippen molar-refractivity contribution in [2.24, 2.45) is 11.8 Å². The second-order valence-corrected chi connectivity index (χ2v) is 7.53. The van der Waals surface area contributed by atoms with Crippen LogP contribution in [0.15, 0.2) is 41.3 Å². The van der Waals surface area contributed by atoms with Crippen molar-refractivity contribution >= 4 is 16.1 Å². The Bertz CT molecular complexity index is 697. The molecule has 1 fully saturated rings. The number of aryl methyl sites for hydroxylation is 1. The number of rotatable bonds is 3. The minimum Gasteiger partial charge on any atom is -0.270 e. The number of hydrogen-bond donors (Lipinski definition) is 2. The monoisotopic (exact) mass is 321 g/mol. The average Bonchev–Trinajstić information content (AvgIpc) is 2.99. The van der Waals surface area contributed by atoms with Crippen molar-refractivity contribution in [3.8, 4) is 0 Å². The van der Waals surface area contributed by atoms with Gasteiger partial charge in [0, 0.05) is 13.1 Å². The standard InChI is InChI=1S/C15H19N3O3S/c1-11-5-7-14(8-6-11)22(20,21)17-15(19)16-18-9-12-3-2-4-13(12)10-18/h2-3,5-8,12-13H,4,9-10H2,1H3,(H2,16,17,19)/t12-,13+/m1/s1. The van der Waals surface area contributed by atoms with Crippen LogP contribution in [-0.4, -0.2) is 32.5 Å². The van der Waals surface area contributed by atoms with Crippen LogP contribution in [0.25, 0.3) is 0 Å². The molecule has 6 nitrogen and oxygen atoms in total. The Morgan fingerprint density at radius 2 is 1.95 bits per heavy atom. The number of urea groups is 1. The van der Waals surface area contributed by atoms with Gasteiger partial charge in [-0.25, -0.2) is 22.9 Å². The molecule has 2 aliphatic rings. The van der Waals surface area contributed by atoms with Gasteiger partial charge in [-0.15, -0.1) is 0 Å². The van der Waals surface area contributed by atoms with E-state index < -0.39 is 16.1 Å². The van der Waals surface area contributed by atoms with Crippen LogP contribution in [0.5, 0.6) is 0 Å². The Hall–Kier alpha value is -1.86. The van der Waals surface area contributed by atoms with E-state index in [-0.39, 0.29) is 4.90 Å². The van der Waals surface area contributed by atoms with Gasteiger partial charge in [0.2, 0.25) is 0 Å². The third-order valence-electron chi connectivity index (χ3n) is 4.13. The van der Waals surface area contributed by atoms with Gasteiger partial charge in [-0.1, -0.05) is 29.8 Å². The molecule has 7 heteroatoms. The molecule has 1 aliphatic heterocycles. The molecule has 1 aliphatic carbocycles. The van der Waals surface area contributed by atoms with Gasteiger partial charge in [-0.3, -0.25) is 5.43 Å². The summed E-state index contributed by atoms with van der Waals surface area (Å²) < 4.78 is 26.3. The minimum absolute atomic E-state index is 0.0782. The molecule has 0 unspecified atom stereocenters. The van der Waals surface area contributed by atoms with E-state index in [9.17, 15) is 13.2 Å². The normalized spacial score (nSPS) is 24.2. The number of sulfonamides is 1. The van der Waals surface area contributed by atoms with E-state index in [4.69, 9.17) is 0 Å². The lowest BCUT2D eigenvalue weighted by Gasteiger charge is -2.18. The molecule has 1 saturated heterocycles. The van der Waals surface area contributed by atoms with Crippen LogP contribution in [0.3, 0.4) is 0 Å². The molecule has 1 heterocycles. The summed E-state index contributed by atoms with van der Waals surface area (Å²) >= 11 is 0. The fourth-order valence-corrected chi connectivity index (χ4v) is 3.85. The van der Waals surface area contributed by atoms with Crippen molar-refractivity contribution in [2.45, 2.75) is 18.2 Å². The first-order valence-corrected chi connectivity index (χ1v) is 8.74. The number of nitrogens with zero attached hydrogens (tertiary/aromatic N) is 1. The van der Waals surface area contributed by atoms with E-state index >= 15 is 0 Å². The Morgan fingerprint density at radius 1 is 1.23 bits per heavy atom. The Balaban J connectivity index is 1.59. The molecule has 2 amide bonds. The number of nitrogens with one attached hydrogen (secondary N) is 2. The number of hydrazine groups is 1. The number of fused-ring (bicyclic) bond motifs is 1. The van der Waals surface area contributed by atoms with Crippen LogP contribution in [0, 0.1) is 18.8 Å². The van der Waals surface area contributed by atoms with Crippen LogP contribution < -0.4 is 10.1 Å². The molecule has 2 N–H and O–H groups in total. The first-order valence-electron chi connectivity index (χ1n) is 7.26. The second kappa shape index (κ2) is 5.73. The summed E-state index contributed by atoms with van der Waals surface area (Å²) in [5.41, 5.74) is 3.57. The highest BCUT2D eigenvalue weighted by Gasteiger charge is 2.34.